The van der Waals surface area contributed by atoms with E-state index >= 15 is 0 Å². The largest absolute Gasteiger partial charge is 0.469 e. The molecule has 2 heterocycles. The summed E-state index contributed by atoms with van der Waals surface area (Å²) in [6, 6.07) is 1.31. The monoisotopic (exact) mass is 363 g/mol. The number of aromatic nitrogens is 3. The molecular weight excluding hydrogens is 342 g/mol. The van der Waals surface area contributed by atoms with Crippen molar-refractivity contribution in [3.8, 4) is 11.4 Å². The molecule has 2 aromatic rings. The third kappa shape index (κ3) is 4.50. The van der Waals surface area contributed by atoms with E-state index in [2.05, 4.69) is 27.4 Å². The van der Waals surface area contributed by atoms with E-state index in [1.165, 1.54) is 11.8 Å². The quantitative estimate of drug-likeness (QED) is 0.578. The Bertz CT molecular complexity index is 768. The molecule has 0 aliphatic rings. The van der Waals surface area contributed by atoms with Crippen LogP contribution in [-0.4, -0.2) is 38.5 Å². The van der Waals surface area contributed by atoms with Gasteiger partial charge in [-0.3, -0.25) is 14.7 Å². The van der Waals surface area contributed by atoms with Crippen molar-refractivity contribution in [3.63, 3.8) is 0 Å². The van der Waals surface area contributed by atoms with E-state index in [0.717, 1.165) is 11.3 Å². The number of urea groups is 1. The van der Waals surface area contributed by atoms with Crippen LogP contribution < -0.4 is 10.6 Å². The smallest absolute Gasteiger partial charge is 0.321 e. The molecule has 0 saturated heterocycles. The molecule has 0 bridgehead atoms. The number of allylic oxidation sites excluding steroid dienone is 1. The molecule has 1 unspecified atom stereocenters. The van der Waals surface area contributed by atoms with Gasteiger partial charge in [0.15, 0.2) is 11.0 Å². The molecule has 25 heavy (non-hydrogen) atoms. The molecule has 9 heteroatoms. The lowest BCUT2D eigenvalue weighted by Gasteiger charge is -2.12. The van der Waals surface area contributed by atoms with Crippen LogP contribution in [0.15, 0.2) is 34.6 Å². The molecule has 1 atom stereocenters. The molecule has 134 valence electrons. The van der Waals surface area contributed by atoms with Gasteiger partial charge in [0.2, 0.25) is 5.91 Å². The van der Waals surface area contributed by atoms with Crippen molar-refractivity contribution < 1.29 is 14.0 Å². The molecule has 8 nitrogen and oxygen atoms in total. The molecule has 0 aromatic carbocycles. The van der Waals surface area contributed by atoms with Crippen LogP contribution in [0, 0.1) is 6.92 Å². The number of furan rings is 1. The van der Waals surface area contributed by atoms with Crippen LogP contribution >= 0.6 is 11.8 Å². The lowest BCUT2D eigenvalue weighted by Crippen LogP contribution is -2.42. The third-order valence-corrected chi connectivity index (χ3v) is 4.43. The molecule has 0 radical (unpaired) electrons. The van der Waals surface area contributed by atoms with E-state index in [9.17, 15) is 9.59 Å². The summed E-state index contributed by atoms with van der Waals surface area (Å²) in [5.41, 5.74) is 0.834. The maximum atomic E-state index is 12.1. The zero-order chi connectivity index (χ0) is 18.4. The average Bonchev–Trinajstić information content (AvgIpc) is 3.14. The van der Waals surface area contributed by atoms with E-state index < -0.39 is 17.2 Å². The molecule has 2 N–H and O–H groups in total. The van der Waals surface area contributed by atoms with Crippen molar-refractivity contribution in [1.82, 2.24) is 25.4 Å². The highest BCUT2D eigenvalue weighted by molar-refractivity contribution is 8.00. The van der Waals surface area contributed by atoms with Gasteiger partial charge in [-0.05, 0) is 26.8 Å². The van der Waals surface area contributed by atoms with Crippen LogP contribution in [-0.2, 0) is 11.3 Å². The van der Waals surface area contributed by atoms with Crippen LogP contribution in [0.3, 0.4) is 0 Å². The number of imide groups is 1. The van der Waals surface area contributed by atoms with E-state index in [-0.39, 0.29) is 0 Å². The van der Waals surface area contributed by atoms with Gasteiger partial charge in [0.1, 0.15) is 5.76 Å². The number of aryl methyl sites for hydroxylation is 1. The van der Waals surface area contributed by atoms with Crippen LogP contribution in [0.25, 0.3) is 11.4 Å². The molecule has 0 saturated carbocycles. The second-order valence-electron chi connectivity index (χ2n) is 5.20. The van der Waals surface area contributed by atoms with Gasteiger partial charge in [0.05, 0.1) is 17.1 Å². The van der Waals surface area contributed by atoms with Gasteiger partial charge in [0.25, 0.3) is 0 Å². The fourth-order valence-corrected chi connectivity index (χ4v) is 2.97. The van der Waals surface area contributed by atoms with Crippen LogP contribution in [0.5, 0.6) is 0 Å². The summed E-state index contributed by atoms with van der Waals surface area (Å²) in [6.07, 6.45) is 3.32. The van der Waals surface area contributed by atoms with Gasteiger partial charge < -0.3 is 9.73 Å². The Morgan fingerprint density at radius 3 is 2.84 bits per heavy atom. The van der Waals surface area contributed by atoms with Crippen molar-refractivity contribution >= 4 is 23.7 Å². The molecule has 3 amide bonds. The Labute approximate surface area is 150 Å². The number of thioether (sulfide) groups is 1. The topological polar surface area (TPSA) is 102 Å². The number of rotatable bonds is 7. The first-order valence-corrected chi connectivity index (χ1v) is 8.69. The normalized spacial score (nSPS) is 11.8. The van der Waals surface area contributed by atoms with Crippen molar-refractivity contribution in [2.75, 3.05) is 6.54 Å². The van der Waals surface area contributed by atoms with Crippen molar-refractivity contribution in [2.24, 2.45) is 0 Å². The summed E-state index contributed by atoms with van der Waals surface area (Å²) >= 11 is 1.22. The summed E-state index contributed by atoms with van der Waals surface area (Å²) in [5, 5.41) is 13.2. The van der Waals surface area contributed by atoms with Crippen molar-refractivity contribution in [2.45, 2.75) is 37.7 Å². The Morgan fingerprint density at radius 2 is 2.24 bits per heavy atom. The average molecular weight is 363 g/mol. The van der Waals surface area contributed by atoms with E-state index in [1.54, 1.807) is 26.2 Å². The summed E-state index contributed by atoms with van der Waals surface area (Å²) in [7, 11) is 0. The number of hydrogen-bond donors (Lipinski definition) is 2. The van der Waals surface area contributed by atoms with Gasteiger partial charge >= 0.3 is 6.03 Å². The molecule has 0 spiro atoms. The van der Waals surface area contributed by atoms with Crippen LogP contribution in [0.4, 0.5) is 4.79 Å². The molecule has 2 rings (SSSR count). The Kier molecular flexibility index (Phi) is 6.40. The minimum absolute atomic E-state index is 0.398. The van der Waals surface area contributed by atoms with Gasteiger partial charge in [-0.15, -0.1) is 16.8 Å². The summed E-state index contributed by atoms with van der Waals surface area (Å²) in [5.74, 6) is 0.978. The van der Waals surface area contributed by atoms with E-state index in [0.29, 0.717) is 24.1 Å². The molecule has 0 aliphatic carbocycles. The van der Waals surface area contributed by atoms with Crippen molar-refractivity contribution in [3.05, 3.63) is 30.7 Å². The SMILES string of the molecule is C=CCn1c(SC(C)C(=O)NC(=O)NCC)nnc1-c1ccoc1C. The fraction of sp³-hybridized carbons (Fsp3) is 0.375. The summed E-state index contributed by atoms with van der Waals surface area (Å²) in [4.78, 5) is 23.6. The number of hydrogen-bond acceptors (Lipinski definition) is 6. The zero-order valence-corrected chi connectivity index (χ0v) is 15.2. The number of carbonyl (C=O) groups is 2. The third-order valence-electron chi connectivity index (χ3n) is 3.35. The van der Waals surface area contributed by atoms with Gasteiger partial charge in [-0.25, -0.2) is 4.79 Å². The fourth-order valence-electron chi connectivity index (χ4n) is 2.12. The highest BCUT2D eigenvalue weighted by Crippen LogP contribution is 2.29. The minimum atomic E-state index is -0.520. The van der Waals surface area contributed by atoms with Gasteiger partial charge in [-0.1, -0.05) is 17.8 Å². The number of nitrogens with zero attached hydrogens (tertiary/aromatic N) is 3. The molecular formula is C16H21N5O3S. The maximum absolute atomic E-state index is 12.1. The molecule has 0 fully saturated rings. The highest BCUT2D eigenvalue weighted by Gasteiger charge is 2.22. The Hall–Kier alpha value is -2.55. The van der Waals surface area contributed by atoms with Crippen LogP contribution in [0.2, 0.25) is 0 Å². The molecule has 0 aliphatic heterocycles. The number of carbonyl (C=O) groups excluding carboxylic acids is 2. The first kappa shape index (κ1) is 18.8. The molecule has 2 aromatic heterocycles. The summed E-state index contributed by atoms with van der Waals surface area (Å²) in [6.45, 7) is 10.0. The van der Waals surface area contributed by atoms with Crippen LogP contribution in [0.1, 0.15) is 19.6 Å². The van der Waals surface area contributed by atoms with Gasteiger partial charge in [0, 0.05) is 13.1 Å². The Balaban J connectivity index is 2.18. The standard InChI is InChI=1S/C16H21N5O3S/c1-5-8-21-13(12-7-9-24-10(12)3)19-20-16(21)25-11(4)14(22)18-15(23)17-6-2/h5,7,9,11H,1,6,8H2,2-4H3,(H2,17,18,22,23). The first-order chi connectivity index (χ1) is 12.0. The van der Waals surface area contributed by atoms with E-state index in [4.69, 9.17) is 4.42 Å². The number of nitrogens with one attached hydrogen (secondary N) is 2. The van der Waals surface area contributed by atoms with E-state index in [1.807, 2.05) is 17.6 Å². The highest BCUT2D eigenvalue weighted by atomic mass is 32.2. The lowest BCUT2D eigenvalue weighted by atomic mass is 10.2. The predicted molar refractivity (Wildman–Crippen MR) is 95.2 cm³/mol. The lowest BCUT2D eigenvalue weighted by molar-refractivity contribution is -0.119. The predicted octanol–water partition coefficient (Wildman–Crippen LogP) is 2.36. The first-order valence-electron chi connectivity index (χ1n) is 7.81. The number of amides is 3. The van der Waals surface area contributed by atoms with Gasteiger partial charge in [-0.2, -0.15) is 0 Å². The summed E-state index contributed by atoms with van der Waals surface area (Å²) < 4.78 is 7.18. The second kappa shape index (κ2) is 8.52. The minimum Gasteiger partial charge on any atom is -0.469 e. The maximum Gasteiger partial charge on any atom is 0.321 e. The zero-order valence-electron chi connectivity index (χ0n) is 14.4. The van der Waals surface area contributed by atoms with Crippen molar-refractivity contribution in [1.29, 1.82) is 0 Å². The second-order valence-corrected chi connectivity index (χ2v) is 6.51. The Morgan fingerprint density at radius 1 is 1.48 bits per heavy atom.